The predicted molar refractivity (Wildman–Crippen MR) is 125 cm³/mol. The summed E-state index contributed by atoms with van der Waals surface area (Å²) in [5, 5.41) is 0. The highest BCUT2D eigenvalue weighted by Gasteiger charge is 2.21. The van der Waals surface area contributed by atoms with Crippen molar-refractivity contribution in [3.8, 4) is 11.5 Å². The number of hydrogen-bond acceptors (Lipinski definition) is 5. The molecule has 3 amide bonds. The normalized spacial score (nSPS) is 13.2. The van der Waals surface area contributed by atoms with Gasteiger partial charge in [-0.2, -0.15) is 0 Å². The lowest BCUT2D eigenvalue weighted by Gasteiger charge is -2.16. The number of amides is 3. The third kappa shape index (κ3) is 6.71. The van der Waals surface area contributed by atoms with E-state index in [9.17, 15) is 14.4 Å². The minimum Gasteiger partial charge on any atom is -0.493 e. The van der Waals surface area contributed by atoms with Crippen molar-refractivity contribution in [3.63, 3.8) is 0 Å². The van der Waals surface area contributed by atoms with Crippen molar-refractivity contribution < 1.29 is 23.9 Å². The first-order valence-corrected chi connectivity index (χ1v) is 11.2. The van der Waals surface area contributed by atoms with Gasteiger partial charge in [0, 0.05) is 24.2 Å². The molecular formula is C25H31N3O5. The number of carbonyl (C=O) groups excluding carboxylic acids is 3. The molecule has 8 heteroatoms. The zero-order valence-electron chi connectivity index (χ0n) is 19.3. The maximum absolute atomic E-state index is 12.4. The van der Waals surface area contributed by atoms with Gasteiger partial charge in [0.15, 0.2) is 11.5 Å². The molecule has 2 N–H and O–H groups in total. The molecule has 176 valence electrons. The summed E-state index contributed by atoms with van der Waals surface area (Å²) in [5.74, 6) is 0.853. The van der Waals surface area contributed by atoms with Crippen molar-refractivity contribution in [2.75, 3.05) is 25.2 Å². The van der Waals surface area contributed by atoms with Gasteiger partial charge in [-0.25, -0.2) is 0 Å². The van der Waals surface area contributed by atoms with Crippen LogP contribution in [0.5, 0.6) is 11.5 Å². The Morgan fingerprint density at radius 2 is 1.82 bits per heavy atom. The minimum atomic E-state index is -0.460. The van der Waals surface area contributed by atoms with Gasteiger partial charge >= 0.3 is 0 Å². The van der Waals surface area contributed by atoms with Gasteiger partial charge in [0.1, 0.15) is 0 Å². The lowest BCUT2D eigenvalue weighted by Crippen LogP contribution is -2.42. The van der Waals surface area contributed by atoms with Gasteiger partial charge in [-0.1, -0.05) is 26.0 Å². The first-order chi connectivity index (χ1) is 15.9. The molecule has 2 aromatic carbocycles. The van der Waals surface area contributed by atoms with E-state index in [0.29, 0.717) is 36.0 Å². The zero-order valence-corrected chi connectivity index (χ0v) is 19.3. The number of ether oxygens (including phenoxy) is 2. The van der Waals surface area contributed by atoms with E-state index in [4.69, 9.17) is 9.47 Å². The third-order valence-electron chi connectivity index (χ3n) is 5.38. The van der Waals surface area contributed by atoms with Crippen LogP contribution in [0.3, 0.4) is 0 Å². The Labute approximate surface area is 194 Å². The van der Waals surface area contributed by atoms with Crippen molar-refractivity contribution in [2.45, 2.75) is 39.5 Å². The van der Waals surface area contributed by atoms with E-state index >= 15 is 0 Å². The van der Waals surface area contributed by atoms with Crippen molar-refractivity contribution >= 4 is 23.4 Å². The van der Waals surface area contributed by atoms with Crippen LogP contribution in [0.15, 0.2) is 42.5 Å². The topological polar surface area (TPSA) is 97.0 Å². The van der Waals surface area contributed by atoms with Crippen LogP contribution in [0.2, 0.25) is 0 Å². The second-order valence-corrected chi connectivity index (χ2v) is 8.39. The van der Waals surface area contributed by atoms with E-state index in [2.05, 4.69) is 24.7 Å². The van der Waals surface area contributed by atoms with E-state index in [1.807, 2.05) is 24.3 Å². The van der Waals surface area contributed by atoms with Crippen LogP contribution in [0.25, 0.3) is 0 Å². The average Bonchev–Trinajstić information content (AvgIpc) is 3.23. The van der Waals surface area contributed by atoms with E-state index < -0.39 is 5.91 Å². The largest absolute Gasteiger partial charge is 0.493 e. The fourth-order valence-electron chi connectivity index (χ4n) is 3.48. The number of carbonyl (C=O) groups is 3. The van der Waals surface area contributed by atoms with E-state index in [1.165, 1.54) is 7.11 Å². The standard InChI is InChI=1S/C25H31N3O5/c1-17(2)12-14-33-21-11-8-19(16-22(21)32-3)25(31)27-26-23(29)15-18-6-9-20(10-7-18)28-13-4-5-24(28)30/h6-11,16-17H,4-5,12-15H2,1-3H3,(H,26,29)(H,27,31). The number of hydrazine groups is 1. The number of rotatable bonds is 9. The van der Waals surface area contributed by atoms with Crippen LogP contribution >= 0.6 is 0 Å². The molecule has 0 aromatic heterocycles. The quantitative estimate of drug-likeness (QED) is 0.568. The Morgan fingerprint density at radius 3 is 2.45 bits per heavy atom. The smallest absolute Gasteiger partial charge is 0.269 e. The van der Waals surface area contributed by atoms with Gasteiger partial charge in [0.25, 0.3) is 5.91 Å². The summed E-state index contributed by atoms with van der Waals surface area (Å²) in [6.07, 6.45) is 2.45. The van der Waals surface area contributed by atoms with Crippen molar-refractivity contribution in [1.82, 2.24) is 10.9 Å². The first kappa shape index (κ1) is 24.1. The molecule has 0 spiro atoms. The molecule has 0 bridgehead atoms. The second-order valence-electron chi connectivity index (χ2n) is 8.39. The Bertz CT molecular complexity index is 988. The van der Waals surface area contributed by atoms with Crippen molar-refractivity contribution in [2.24, 2.45) is 5.92 Å². The first-order valence-electron chi connectivity index (χ1n) is 11.2. The van der Waals surface area contributed by atoms with E-state index in [0.717, 1.165) is 30.6 Å². The van der Waals surface area contributed by atoms with Gasteiger partial charge in [-0.15, -0.1) is 0 Å². The maximum atomic E-state index is 12.4. The number of anilines is 1. The molecule has 1 saturated heterocycles. The molecule has 0 unspecified atom stereocenters. The summed E-state index contributed by atoms with van der Waals surface area (Å²) in [4.78, 5) is 38.3. The molecule has 1 aliphatic rings. The van der Waals surface area contributed by atoms with Gasteiger partial charge in [-0.3, -0.25) is 25.2 Å². The summed E-state index contributed by atoms with van der Waals surface area (Å²) in [7, 11) is 1.51. The predicted octanol–water partition coefficient (Wildman–Crippen LogP) is 3.25. The molecule has 8 nitrogen and oxygen atoms in total. The maximum Gasteiger partial charge on any atom is 0.269 e. The molecule has 3 rings (SSSR count). The number of benzene rings is 2. The molecule has 0 radical (unpaired) electrons. The highest BCUT2D eigenvalue weighted by atomic mass is 16.5. The zero-order chi connectivity index (χ0) is 23.8. The van der Waals surface area contributed by atoms with Crippen LogP contribution in [-0.2, 0) is 16.0 Å². The Hall–Kier alpha value is -3.55. The average molecular weight is 454 g/mol. The van der Waals surface area contributed by atoms with Crippen LogP contribution < -0.4 is 25.2 Å². The van der Waals surface area contributed by atoms with Crippen LogP contribution in [-0.4, -0.2) is 38.0 Å². The monoisotopic (exact) mass is 453 g/mol. The highest BCUT2D eigenvalue weighted by Crippen LogP contribution is 2.28. The summed E-state index contributed by atoms with van der Waals surface area (Å²) in [5.41, 5.74) is 6.80. The van der Waals surface area contributed by atoms with Crippen LogP contribution in [0, 0.1) is 5.92 Å². The van der Waals surface area contributed by atoms with Crippen molar-refractivity contribution in [3.05, 3.63) is 53.6 Å². The lowest BCUT2D eigenvalue weighted by atomic mass is 10.1. The summed E-state index contributed by atoms with van der Waals surface area (Å²) < 4.78 is 11.1. The molecule has 2 aromatic rings. The second kappa shape index (κ2) is 11.4. The Kier molecular flexibility index (Phi) is 8.29. The SMILES string of the molecule is COc1cc(C(=O)NNC(=O)Cc2ccc(N3CCCC3=O)cc2)ccc1OCCC(C)C. The summed E-state index contributed by atoms with van der Waals surface area (Å²) in [6.45, 7) is 5.52. The fraction of sp³-hybridized carbons (Fsp3) is 0.400. The van der Waals surface area contributed by atoms with Crippen LogP contribution in [0.4, 0.5) is 5.69 Å². The molecule has 1 aliphatic heterocycles. The fourth-order valence-corrected chi connectivity index (χ4v) is 3.48. The molecule has 1 fully saturated rings. The molecule has 0 saturated carbocycles. The molecule has 33 heavy (non-hydrogen) atoms. The molecular weight excluding hydrogens is 422 g/mol. The number of nitrogens with zero attached hydrogens (tertiary/aromatic N) is 1. The summed E-state index contributed by atoms with van der Waals surface area (Å²) in [6, 6.07) is 12.2. The van der Waals surface area contributed by atoms with Gasteiger partial charge in [0.2, 0.25) is 11.8 Å². The number of nitrogens with one attached hydrogen (secondary N) is 2. The van der Waals surface area contributed by atoms with Crippen molar-refractivity contribution in [1.29, 1.82) is 0 Å². The Morgan fingerprint density at radius 1 is 1.06 bits per heavy atom. The van der Waals surface area contributed by atoms with E-state index in [1.54, 1.807) is 23.1 Å². The number of methoxy groups -OCH3 is 1. The molecule has 1 heterocycles. The van der Waals surface area contributed by atoms with Crippen LogP contribution in [0.1, 0.15) is 49.0 Å². The molecule has 0 aliphatic carbocycles. The summed E-state index contributed by atoms with van der Waals surface area (Å²) >= 11 is 0. The Balaban J connectivity index is 1.50. The highest BCUT2D eigenvalue weighted by molar-refractivity contribution is 5.96. The lowest BCUT2D eigenvalue weighted by molar-refractivity contribution is -0.121. The third-order valence-corrected chi connectivity index (χ3v) is 5.38. The van der Waals surface area contributed by atoms with Gasteiger partial charge in [0.05, 0.1) is 20.1 Å². The van der Waals surface area contributed by atoms with E-state index in [-0.39, 0.29) is 18.2 Å². The van der Waals surface area contributed by atoms with Gasteiger partial charge in [-0.05, 0) is 54.7 Å². The number of hydrogen-bond donors (Lipinski definition) is 2. The minimum absolute atomic E-state index is 0.0977. The molecule has 0 atom stereocenters. The van der Waals surface area contributed by atoms with Gasteiger partial charge < -0.3 is 14.4 Å².